The number of hydrogen-bond acceptors (Lipinski definition) is 6. The summed E-state index contributed by atoms with van der Waals surface area (Å²) < 4.78 is 0. The van der Waals surface area contributed by atoms with Crippen molar-refractivity contribution in [3.8, 4) is 0 Å². The molecule has 11 nitrogen and oxygen atoms in total. The third-order valence-corrected chi connectivity index (χ3v) is 5.22. The molecule has 0 saturated carbocycles. The van der Waals surface area contributed by atoms with E-state index in [0.29, 0.717) is 12.0 Å². The Balaban J connectivity index is 2.80. The van der Waals surface area contributed by atoms with Crippen LogP contribution in [0.3, 0.4) is 0 Å². The second-order valence-electron chi connectivity index (χ2n) is 7.89. The van der Waals surface area contributed by atoms with Crippen molar-refractivity contribution in [3.05, 3.63) is 35.9 Å². The molecular weight excluding hydrogens is 432 g/mol. The molecule has 0 aliphatic rings. The average Bonchev–Trinajstić information content (AvgIpc) is 2.77. The summed E-state index contributed by atoms with van der Waals surface area (Å²) in [5.41, 5.74) is 6.53. The number of carbonyl (C=O) groups excluding carboxylic acids is 3. The van der Waals surface area contributed by atoms with E-state index in [9.17, 15) is 29.1 Å². The Labute approximate surface area is 192 Å². The maximum Gasteiger partial charge on any atom is 0.326 e. The van der Waals surface area contributed by atoms with E-state index in [1.165, 1.54) is 6.92 Å². The van der Waals surface area contributed by atoms with Crippen LogP contribution < -0.4 is 21.7 Å². The van der Waals surface area contributed by atoms with E-state index in [0.717, 1.165) is 0 Å². The molecule has 1 rings (SSSR count). The molecular formula is C22H32N4O7. The molecule has 182 valence electrons. The number of carboxylic acids is 2. The predicted octanol–water partition coefficient (Wildman–Crippen LogP) is -0.364. The zero-order valence-electron chi connectivity index (χ0n) is 18.9. The number of benzene rings is 1. The third-order valence-electron chi connectivity index (χ3n) is 5.22. The minimum absolute atomic E-state index is 0.0355. The molecule has 0 heterocycles. The SMILES string of the molecule is CCC(C)C(N)C(=O)NC(CC(=O)O)C(=O)NC(C)C(=O)NC(Cc1ccccc1)C(=O)O. The summed E-state index contributed by atoms with van der Waals surface area (Å²) in [6.45, 7) is 4.90. The number of carboxylic acid groups (broad SMARTS) is 2. The lowest BCUT2D eigenvalue weighted by atomic mass is 9.99. The van der Waals surface area contributed by atoms with Gasteiger partial charge in [0.05, 0.1) is 12.5 Å². The molecule has 33 heavy (non-hydrogen) atoms. The molecule has 0 spiro atoms. The Morgan fingerprint density at radius 2 is 1.45 bits per heavy atom. The molecule has 5 atom stereocenters. The summed E-state index contributed by atoms with van der Waals surface area (Å²) >= 11 is 0. The van der Waals surface area contributed by atoms with Crippen LogP contribution in [0.15, 0.2) is 30.3 Å². The highest BCUT2D eigenvalue weighted by molar-refractivity contribution is 5.95. The monoisotopic (exact) mass is 464 g/mol. The molecule has 1 aromatic carbocycles. The first-order chi connectivity index (χ1) is 15.5. The minimum Gasteiger partial charge on any atom is -0.481 e. The van der Waals surface area contributed by atoms with Gasteiger partial charge in [-0.2, -0.15) is 0 Å². The van der Waals surface area contributed by atoms with E-state index >= 15 is 0 Å². The standard InChI is InChI=1S/C22H32N4O7/c1-4-12(2)18(23)21(31)25-15(11-17(27)28)20(30)24-13(3)19(29)26-16(22(32)33)10-14-8-6-5-7-9-14/h5-9,12-13,15-16,18H,4,10-11,23H2,1-3H3,(H,24,30)(H,25,31)(H,26,29)(H,27,28)(H,32,33). The molecule has 0 fully saturated rings. The van der Waals surface area contributed by atoms with E-state index in [4.69, 9.17) is 10.8 Å². The fourth-order valence-corrected chi connectivity index (χ4v) is 2.89. The van der Waals surface area contributed by atoms with Crippen LogP contribution in [0.2, 0.25) is 0 Å². The summed E-state index contributed by atoms with van der Waals surface area (Å²) in [5, 5.41) is 25.5. The molecule has 0 radical (unpaired) electrons. The van der Waals surface area contributed by atoms with Gasteiger partial charge in [0.15, 0.2) is 0 Å². The Bertz CT molecular complexity index is 846. The topological polar surface area (TPSA) is 188 Å². The summed E-state index contributed by atoms with van der Waals surface area (Å²) in [6.07, 6.45) is -0.0754. The Morgan fingerprint density at radius 1 is 0.879 bits per heavy atom. The Kier molecular flexibility index (Phi) is 11.0. The number of carbonyl (C=O) groups is 5. The lowest BCUT2D eigenvalue weighted by molar-refractivity contribution is -0.143. The second-order valence-corrected chi connectivity index (χ2v) is 7.89. The zero-order valence-corrected chi connectivity index (χ0v) is 18.9. The molecule has 0 saturated heterocycles. The summed E-state index contributed by atoms with van der Waals surface area (Å²) in [4.78, 5) is 60.1. The first-order valence-corrected chi connectivity index (χ1v) is 10.6. The van der Waals surface area contributed by atoms with E-state index in [1.807, 2.05) is 6.92 Å². The number of nitrogens with two attached hydrogens (primary N) is 1. The summed E-state index contributed by atoms with van der Waals surface area (Å²) in [5.74, 6) is -5.14. The van der Waals surface area contributed by atoms with Gasteiger partial charge >= 0.3 is 11.9 Å². The largest absolute Gasteiger partial charge is 0.481 e. The molecule has 1 aromatic rings. The van der Waals surface area contributed by atoms with Gasteiger partial charge in [-0.05, 0) is 18.4 Å². The third kappa shape index (κ3) is 9.27. The second kappa shape index (κ2) is 13.2. The molecule has 7 N–H and O–H groups in total. The van der Waals surface area contributed by atoms with Crippen molar-refractivity contribution < 1.29 is 34.2 Å². The number of aliphatic carboxylic acids is 2. The summed E-state index contributed by atoms with van der Waals surface area (Å²) in [6, 6.07) is 3.87. The smallest absolute Gasteiger partial charge is 0.326 e. The number of amides is 3. The highest BCUT2D eigenvalue weighted by Gasteiger charge is 2.30. The van der Waals surface area contributed by atoms with Crippen LogP contribution in [0, 0.1) is 5.92 Å². The van der Waals surface area contributed by atoms with Gasteiger partial charge in [0.1, 0.15) is 18.1 Å². The van der Waals surface area contributed by atoms with Crippen LogP contribution in [0.5, 0.6) is 0 Å². The van der Waals surface area contributed by atoms with Crippen molar-refractivity contribution in [1.29, 1.82) is 0 Å². The molecule has 3 amide bonds. The fourth-order valence-electron chi connectivity index (χ4n) is 2.89. The van der Waals surface area contributed by atoms with Crippen molar-refractivity contribution in [2.24, 2.45) is 11.7 Å². The number of hydrogen-bond donors (Lipinski definition) is 6. The lowest BCUT2D eigenvalue weighted by Gasteiger charge is -2.24. The van der Waals surface area contributed by atoms with Crippen LogP contribution >= 0.6 is 0 Å². The van der Waals surface area contributed by atoms with Gasteiger partial charge in [-0.25, -0.2) is 4.79 Å². The van der Waals surface area contributed by atoms with Crippen molar-refractivity contribution in [2.45, 2.75) is 64.2 Å². The molecule has 11 heteroatoms. The van der Waals surface area contributed by atoms with E-state index < -0.39 is 60.2 Å². The van der Waals surface area contributed by atoms with E-state index in [1.54, 1.807) is 37.3 Å². The quantitative estimate of drug-likeness (QED) is 0.228. The van der Waals surface area contributed by atoms with Gasteiger partial charge in [-0.1, -0.05) is 50.6 Å². The van der Waals surface area contributed by atoms with Crippen molar-refractivity contribution >= 4 is 29.7 Å². The summed E-state index contributed by atoms with van der Waals surface area (Å²) in [7, 11) is 0. The van der Waals surface area contributed by atoms with Gasteiger partial charge in [0.25, 0.3) is 0 Å². The average molecular weight is 465 g/mol. The van der Waals surface area contributed by atoms with Crippen LogP contribution in [0.4, 0.5) is 0 Å². The zero-order chi connectivity index (χ0) is 25.1. The lowest BCUT2D eigenvalue weighted by Crippen LogP contribution is -2.57. The molecule has 0 bridgehead atoms. The van der Waals surface area contributed by atoms with Gasteiger partial charge < -0.3 is 31.9 Å². The first kappa shape index (κ1) is 27.6. The predicted molar refractivity (Wildman–Crippen MR) is 119 cm³/mol. The normalized spacial score (nSPS) is 15.3. The highest BCUT2D eigenvalue weighted by atomic mass is 16.4. The fraction of sp³-hybridized carbons (Fsp3) is 0.500. The van der Waals surface area contributed by atoms with Crippen LogP contribution in [0.25, 0.3) is 0 Å². The Morgan fingerprint density at radius 3 is 1.97 bits per heavy atom. The van der Waals surface area contributed by atoms with Gasteiger partial charge in [-0.3, -0.25) is 19.2 Å². The van der Waals surface area contributed by atoms with Gasteiger partial charge in [-0.15, -0.1) is 0 Å². The van der Waals surface area contributed by atoms with Crippen LogP contribution in [0.1, 0.15) is 39.2 Å². The minimum atomic E-state index is -1.46. The van der Waals surface area contributed by atoms with Crippen LogP contribution in [-0.4, -0.2) is 64.0 Å². The number of nitrogens with one attached hydrogen (secondary N) is 3. The first-order valence-electron chi connectivity index (χ1n) is 10.6. The van der Waals surface area contributed by atoms with E-state index in [-0.39, 0.29) is 12.3 Å². The van der Waals surface area contributed by atoms with E-state index in [2.05, 4.69) is 16.0 Å². The van der Waals surface area contributed by atoms with Crippen LogP contribution in [-0.2, 0) is 30.4 Å². The molecule has 0 aliphatic heterocycles. The highest BCUT2D eigenvalue weighted by Crippen LogP contribution is 2.07. The maximum absolute atomic E-state index is 12.6. The van der Waals surface area contributed by atoms with Gasteiger partial charge in [0, 0.05) is 6.42 Å². The molecule has 0 aromatic heterocycles. The molecule has 5 unspecified atom stereocenters. The Hall–Kier alpha value is -3.47. The van der Waals surface area contributed by atoms with Gasteiger partial charge in [0.2, 0.25) is 17.7 Å². The number of rotatable bonds is 13. The van der Waals surface area contributed by atoms with Crippen molar-refractivity contribution in [3.63, 3.8) is 0 Å². The van der Waals surface area contributed by atoms with Crippen molar-refractivity contribution in [2.75, 3.05) is 0 Å². The van der Waals surface area contributed by atoms with Crippen molar-refractivity contribution in [1.82, 2.24) is 16.0 Å². The molecule has 0 aliphatic carbocycles. The maximum atomic E-state index is 12.6.